The molecule has 0 aliphatic carbocycles. The Kier molecular flexibility index (Phi) is 9.07. The number of rotatable bonds is 6. The van der Waals surface area contributed by atoms with Crippen LogP contribution >= 0.6 is 47.1 Å². The number of amides is 2. The lowest BCUT2D eigenvalue weighted by Gasteiger charge is -2.46. The van der Waals surface area contributed by atoms with E-state index in [0.717, 1.165) is 27.6 Å². The number of β-lactam (4-membered cyclic amide) rings is 2. The van der Waals surface area contributed by atoms with E-state index in [-0.39, 0.29) is 35.7 Å². The highest BCUT2D eigenvalue weighted by Gasteiger charge is 2.47. The quantitative estimate of drug-likeness (QED) is 0.290. The van der Waals surface area contributed by atoms with Crippen LogP contribution in [0.15, 0.2) is 48.5 Å². The number of nitrogens with zero attached hydrogens (tertiary/aromatic N) is 2. The minimum absolute atomic E-state index is 0.0291. The molecule has 0 N–H and O–H groups in total. The summed E-state index contributed by atoms with van der Waals surface area (Å²) in [5.41, 5.74) is 2.10. The van der Waals surface area contributed by atoms with E-state index >= 15 is 0 Å². The molecule has 2 heterocycles. The van der Waals surface area contributed by atoms with Crippen LogP contribution < -0.4 is 0 Å². The molecule has 8 heteroatoms. The molecule has 33 heavy (non-hydrogen) atoms. The van der Waals surface area contributed by atoms with Crippen molar-refractivity contribution in [3.8, 4) is 0 Å². The number of hydrogen-bond acceptors (Lipinski definition) is 4. The molecule has 2 saturated heterocycles. The number of carbonyl (C=O) groups is 2. The van der Waals surface area contributed by atoms with Gasteiger partial charge >= 0.3 is 0 Å². The van der Waals surface area contributed by atoms with E-state index in [1.54, 1.807) is 16.3 Å². The average molecular weight is 526 g/mol. The van der Waals surface area contributed by atoms with Crippen molar-refractivity contribution in [2.75, 3.05) is 6.26 Å². The van der Waals surface area contributed by atoms with Gasteiger partial charge < -0.3 is 0 Å². The van der Waals surface area contributed by atoms with Gasteiger partial charge in [-0.3, -0.25) is 18.2 Å². The molecule has 2 aliphatic rings. The molecular formula is C25H30Cl2N2O2S2. The Morgan fingerprint density at radius 3 is 1.70 bits per heavy atom. The summed E-state index contributed by atoms with van der Waals surface area (Å²) >= 11 is 15.4. The summed E-state index contributed by atoms with van der Waals surface area (Å²) in [5, 5.41) is 1.93. The minimum atomic E-state index is 0.0291. The van der Waals surface area contributed by atoms with Gasteiger partial charge in [-0.15, -0.1) is 0 Å². The van der Waals surface area contributed by atoms with Crippen molar-refractivity contribution in [2.45, 2.75) is 51.4 Å². The Bertz CT molecular complexity index is 1010. The maximum absolute atomic E-state index is 12.0. The van der Waals surface area contributed by atoms with Crippen molar-refractivity contribution < 1.29 is 9.59 Å². The standard InChI is InChI=1S/C14H18ClNOS.C11H12ClNOS/c1-4-9(2)18-16-13(10(3)14(16)17)11-7-5-6-8-12(11)15;1-7-10(13(15-2)11(7)14)8-5-3-4-6-9(8)12/h5-10,13H,4H2,1-3H3;3-7,10H,1-2H3/t9?,10-,13-;7-,10-/m11/s1. The zero-order chi connectivity index (χ0) is 24.3. The molecule has 2 aromatic rings. The summed E-state index contributed by atoms with van der Waals surface area (Å²) in [6.45, 7) is 8.20. The highest BCUT2D eigenvalue weighted by atomic mass is 35.5. The number of halogens is 2. The maximum atomic E-state index is 12.0. The van der Waals surface area contributed by atoms with Crippen LogP contribution in [0.3, 0.4) is 0 Å². The van der Waals surface area contributed by atoms with Crippen molar-refractivity contribution in [2.24, 2.45) is 11.8 Å². The summed E-state index contributed by atoms with van der Waals surface area (Å²) in [7, 11) is 0. The third kappa shape index (κ3) is 5.34. The van der Waals surface area contributed by atoms with Crippen LogP contribution in [0.2, 0.25) is 10.0 Å². The molecule has 0 bridgehead atoms. The molecule has 2 aromatic carbocycles. The van der Waals surface area contributed by atoms with E-state index in [1.165, 1.54) is 11.9 Å². The lowest BCUT2D eigenvalue weighted by atomic mass is 9.86. The molecule has 1 unspecified atom stereocenters. The number of carbonyl (C=O) groups excluding carboxylic acids is 2. The third-order valence-corrected chi connectivity index (χ3v) is 9.00. The summed E-state index contributed by atoms with van der Waals surface area (Å²) in [6.07, 6.45) is 2.96. The lowest BCUT2D eigenvalue weighted by Crippen LogP contribution is -2.50. The third-order valence-electron chi connectivity index (χ3n) is 6.18. The first-order valence-electron chi connectivity index (χ1n) is 11.1. The molecule has 4 rings (SSSR count). The monoisotopic (exact) mass is 524 g/mol. The Balaban J connectivity index is 0.000000189. The van der Waals surface area contributed by atoms with Gasteiger partial charge in [0.1, 0.15) is 0 Å². The van der Waals surface area contributed by atoms with Crippen LogP contribution in [0.5, 0.6) is 0 Å². The number of hydrogen-bond donors (Lipinski definition) is 0. The fourth-order valence-corrected chi connectivity index (χ4v) is 6.60. The van der Waals surface area contributed by atoms with Gasteiger partial charge in [-0.25, -0.2) is 0 Å². The molecule has 0 aromatic heterocycles. The lowest BCUT2D eigenvalue weighted by molar-refractivity contribution is -0.145. The Labute approximate surface area is 215 Å². The van der Waals surface area contributed by atoms with E-state index in [2.05, 4.69) is 13.8 Å². The van der Waals surface area contributed by atoms with Gasteiger partial charge in [0.25, 0.3) is 0 Å². The van der Waals surface area contributed by atoms with Gasteiger partial charge in [0.05, 0.1) is 23.9 Å². The van der Waals surface area contributed by atoms with Crippen molar-refractivity contribution in [1.82, 2.24) is 8.61 Å². The molecule has 2 aliphatic heterocycles. The molecule has 2 amide bonds. The highest BCUT2D eigenvalue weighted by Crippen LogP contribution is 2.48. The van der Waals surface area contributed by atoms with Gasteiger partial charge in [-0.2, -0.15) is 0 Å². The van der Waals surface area contributed by atoms with Crippen LogP contribution in [0.4, 0.5) is 0 Å². The Morgan fingerprint density at radius 1 is 0.848 bits per heavy atom. The fraction of sp³-hybridized carbons (Fsp3) is 0.440. The van der Waals surface area contributed by atoms with Crippen molar-refractivity contribution in [1.29, 1.82) is 0 Å². The zero-order valence-corrected chi connectivity index (χ0v) is 22.6. The van der Waals surface area contributed by atoms with Crippen LogP contribution in [0.1, 0.15) is 57.3 Å². The largest absolute Gasteiger partial charge is 0.278 e. The Morgan fingerprint density at radius 2 is 1.27 bits per heavy atom. The highest BCUT2D eigenvalue weighted by molar-refractivity contribution is 7.98. The normalized spacial score (nSPS) is 25.1. The van der Waals surface area contributed by atoms with E-state index in [4.69, 9.17) is 23.2 Å². The molecule has 4 nitrogen and oxygen atoms in total. The second-order valence-corrected chi connectivity index (χ2v) is 11.3. The second kappa shape index (κ2) is 11.4. The summed E-state index contributed by atoms with van der Waals surface area (Å²) < 4.78 is 3.67. The second-order valence-electron chi connectivity index (χ2n) is 8.34. The van der Waals surface area contributed by atoms with Crippen LogP contribution in [0.25, 0.3) is 0 Å². The predicted octanol–water partition coefficient (Wildman–Crippen LogP) is 7.44. The maximum Gasteiger partial charge on any atom is 0.238 e. The molecular weight excluding hydrogens is 495 g/mol. The predicted molar refractivity (Wildman–Crippen MR) is 141 cm³/mol. The van der Waals surface area contributed by atoms with Crippen molar-refractivity contribution in [3.05, 3.63) is 69.7 Å². The van der Waals surface area contributed by atoms with Crippen molar-refractivity contribution >= 4 is 58.9 Å². The number of benzene rings is 2. The minimum Gasteiger partial charge on any atom is -0.278 e. The van der Waals surface area contributed by atoms with E-state index in [9.17, 15) is 9.59 Å². The van der Waals surface area contributed by atoms with Crippen LogP contribution in [0, 0.1) is 11.8 Å². The van der Waals surface area contributed by atoms with Crippen LogP contribution in [-0.4, -0.2) is 31.9 Å². The van der Waals surface area contributed by atoms with E-state index in [0.29, 0.717) is 5.25 Å². The SMILES string of the molecule is CCC(C)SN1C(=O)[C@H](C)[C@@H]1c1ccccc1Cl.CSN1C(=O)[C@H](C)[C@@H]1c1ccccc1Cl. The van der Waals surface area contributed by atoms with E-state index < -0.39 is 0 Å². The topological polar surface area (TPSA) is 40.6 Å². The molecule has 5 atom stereocenters. The smallest absolute Gasteiger partial charge is 0.238 e. The molecule has 178 valence electrons. The molecule has 2 fully saturated rings. The van der Waals surface area contributed by atoms with Gasteiger partial charge in [-0.05, 0) is 41.6 Å². The van der Waals surface area contributed by atoms with Crippen molar-refractivity contribution in [3.63, 3.8) is 0 Å². The molecule has 0 radical (unpaired) electrons. The molecule has 0 spiro atoms. The van der Waals surface area contributed by atoms with Gasteiger partial charge in [0.15, 0.2) is 0 Å². The van der Waals surface area contributed by atoms with Crippen LogP contribution in [-0.2, 0) is 9.59 Å². The van der Waals surface area contributed by atoms with Gasteiger partial charge in [0.2, 0.25) is 11.8 Å². The first-order valence-corrected chi connectivity index (χ1v) is 13.9. The first-order chi connectivity index (χ1) is 15.7. The van der Waals surface area contributed by atoms with Gasteiger partial charge in [-0.1, -0.05) is 99.2 Å². The summed E-state index contributed by atoms with van der Waals surface area (Å²) in [4.78, 5) is 23.5. The fourth-order valence-electron chi connectivity index (χ4n) is 4.00. The first kappa shape index (κ1) is 26.3. The Hall–Kier alpha value is -1.34. The zero-order valence-electron chi connectivity index (χ0n) is 19.5. The average Bonchev–Trinajstić information content (AvgIpc) is 2.83. The summed E-state index contributed by atoms with van der Waals surface area (Å²) in [5.74, 6) is 0.469. The summed E-state index contributed by atoms with van der Waals surface area (Å²) in [6, 6.07) is 15.7. The molecule has 0 saturated carbocycles. The van der Waals surface area contributed by atoms with E-state index in [1.807, 2.05) is 72.9 Å². The van der Waals surface area contributed by atoms with Gasteiger partial charge in [0, 0.05) is 21.6 Å².